The molecule has 6 nitrogen and oxygen atoms in total. The molecule has 2 aromatic carbocycles. The van der Waals surface area contributed by atoms with E-state index in [1.807, 2.05) is 0 Å². The van der Waals surface area contributed by atoms with E-state index >= 15 is 0 Å². The largest absolute Gasteiger partial charge is 0.479 e. The van der Waals surface area contributed by atoms with Crippen molar-refractivity contribution in [3.8, 4) is 5.75 Å². The van der Waals surface area contributed by atoms with E-state index in [2.05, 4.69) is 0 Å². The van der Waals surface area contributed by atoms with Crippen molar-refractivity contribution < 1.29 is 23.9 Å². The summed E-state index contributed by atoms with van der Waals surface area (Å²) in [7, 11) is 0. The van der Waals surface area contributed by atoms with Gasteiger partial charge >= 0.3 is 5.97 Å². The van der Waals surface area contributed by atoms with E-state index in [4.69, 9.17) is 9.47 Å². The molecule has 1 atom stereocenters. The van der Waals surface area contributed by atoms with Gasteiger partial charge in [-0.15, -0.1) is 0 Å². The highest BCUT2D eigenvalue weighted by Crippen LogP contribution is 2.29. The Morgan fingerprint density at radius 2 is 1.56 bits per heavy atom. The van der Waals surface area contributed by atoms with E-state index in [0.29, 0.717) is 22.6 Å². The van der Waals surface area contributed by atoms with Gasteiger partial charge in [0.25, 0.3) is 11.8 Å². The second-order valence-corrected chi connectivity index (χ2v) is 5.50. The molecule has 128 valence electrons. The van der Waals surface area contributed by atoms with E-state index < -0.39 is 12.1 Å². The van der Waals surface area contributed by atoms with Crippen molar-refractivity contribution in [3.63, 3.8) is 0 Å². The smallest absolute Gasteiger partial charge is 0.347 e. The van der Waals surface area contributed by atoms with E-state index in [-0.39, 0.29) is 18.4 Å². The van der Waals surface area contributed by atoms with Crippen LogP contribution in [0.2, 0.25) is 0 Å². The highest BCUT2D eigenvalue weighted by atomic mass is 16.6. The number of imide groups is 1. The van der Waals surface area contributed by atoms with E-state index in [9.17, 15) is 14.4 Å². The van der Waals surface area contributed by atoms with Gasteiger partial charge in [-0.25, -0.2) is 9.69 Å². The molecule has 0 N–H and O–H groups in total. The van der Waals surface area contributed by atoms with Gasteiger partial charge in [0.05, 0.1) is 23.4 Å². The Hall–Kier alpha value is -3.15. The van der Waals surface area contributed by atoms with Crippen molar-refractivity contribution in [1.82, 2.24) is 0 Å². The Kier molecular flexibility index (Phi) is 4.52. The van der Waals surface area contributed by atoms with Crippen LogP contribution in [0.25, 0.3) is 0 Å². The summed E-state index contributed by atoms with van der Waals surface area (Å²) in [4.78, 5) is 37.6. The van der Waals surface area contributed by atoms with Gasteiger partial charge in [-0.3, -0.25) is 9.59 Å². The topological polar surface area (TPSA) is 72.9 Å². The van der Waals surface area contributed by atoms with E-state index in [1.54, 1.807) is 62.4 Å². The van der Waals surface area contributed by atoms with Gasteiger partial charge in [0, 0.05) is 0 Å². The Bertz CT molecular complexity index is 793. The fourth-order valence-corrected chi connectivity index (χ4v) is 2.61. The Morgan fingerprint density at radius 1 is 1.00 bits per heavy atom. The van der Waals surface area contributed by atoms with Crippen molar-refractivity contribution in [3.05, 3.63) is 59.7 Å². The summed E-state index contributed by atoms with van der Waals surface area (Å²) in [6.45, 7) is 3.60. The summed E-state index contributed by atoms with van der Waals surface area (Å²) in [5.41, 5.74) is 1.23. The molecule has 25 heavy (non-hydrogen) atoms. The number of esters is 1. The number of carbonyl (C=O) groups excluding carboxylic acids is 3. The lowest BCUT2D eigenvalue weighted by Gasteiger charge is -2.16. The maximum absolute atomic E-state index is 12.4. The number of anilines is 1. The molecule has 1 aliphatic rings. The molecule has 0 bridgehead atoms. The summed E-state index contributed by atoms with van der Waals surface area (Å²) in [5.74, 6) is -0.712. The van der Waals surface area contributed by atoms with Crippen LogP contribution < -0.4 is 9.64 Å². The molecule has 0 unspecified atom stereocenters. The first-order valence-electron chi connectivity index (χ1n) is 7.94. The zero-order chi connectivity index (χ0) is 18.0. The molecular weight excluding hydrogens is 322 g/mol. The molecule has 0 aliphatic carbocycles. The predicted molar refractivity (Wildman–Crippen MR) is 90.7 cm³/mol. The van der Waals surface area contributed by atoms with Crippen molar-refractivity contribution in [2.24, 2.45) is 0 Å². The molecule has 0 saturated carbocycles. The van der Waals surface area contributed by atoms with Gasteiger partial charge in [-0.2, -0.15) is 0 Å². The van der Waals surface area contributed by atoms with Crippen LogP contribution in [0.1, 0.15) is 34.6 Å². The molecule has 0 aromatic heterocycles. The first kappa shape index (κ1) is 16.7. The van der Waals surface area contributed by atoms with Gasteiger partial charge in [-0.05, 0) is 50.2 Å². The third kappa shape index (κ3) is 3.10. The molecule has 2 amide bonds. The fraction of sp³-hybridized carbons (Fsp3) is 0.211. The minimum Gasteiger partial charge on any atom is -0.479 e. The fourth-order valence-electron chi connectivity index (χ4n) is 2.61. The van der Waals surface area contributed by atoms with Crippen LogP contribution in [0.15, 0.2) is 48.5 Å². The average Bonchev–Trinajstić information content (AvgIpc) is 2.87. The number of ether oxygens (including phenoxy) is 2. The number of hydrogen-bond acceptors (Lipinski definition) is 5. The minimum absolute atomic E-state index is 0.283. The summed E-state index contributed by atoms with van der Waals surface area (Å²) < 4.78 is 10.4. The van der Waals surface area contributed by atoms with Crippen molar-refractivity contribution >= 4 is 23.5 Å². The number of fused-ring (bicyclic) bond motifs is 1. The molecule has 1 heterocycles. The second-order valence-electron chi connectivity index (χ2n) is 5.50. The Labute approximate surface area is 145 Å². The first-order valence-corrected chi connectivity index (χ1v) is 7.94. The third-order valence-electron chi connectivity index (χ3n) is 3.82. The molecule has 0 radical (unpaired) electrons. The van der Waals surface area contributed by atoms with Crippen molar-refractivity contribution in [2.75, 3.05) is 11.5 Å². The number of nitrogens with zero attached hydrogens (tertiary/aromatic N) is 1. The van der Waals surface area contributed by atoms with Crippen molar-refractivity contribution in [2.45, 2.75) is 20.0 Å². The Morgan fingerprint density at radius 3 is 2.08 bits per heavy atom. The molecule has 0 saturated heterocycles. The number of rotatable bonds is 5. The summed E-state index contributed by atoms with van der Waals surface area (Å²) in [5, 5.41) is 0. The second kappa shape index (κ2) is 6.76. The number of carbonyl (C=O) groups is 3. The maximum atomic E-state index is 12.4. The third-order valence-corrected chi connectivity index (χ3v) is 3.82. The number of benzene rings is 2. The van der Waals surface area contributed by atoms with Gasteiger partial charge in [0.15, 0.2) is 6.10 Å². The van der Waals surface area contributed by atoms with Crippen LogP contribution in [-0.4, -0.2) is 30.5 Å². The quantitative estimate of drug-likeness (QED) is 0.619. The minimum atomic E-state index is -0.745. The first-order chi connectivity index (χ1) is 12.0. The lowest BCUT2D eigenvalue weighted by molar-refractivity contribution is -0.150. The lowest BCUT2D eigenvalue weighted by atomic mass is 10.1. The van der Waals surface area contributed by atoms with Crippen LogP contribution in [0.4, 0.5) is 5.69 Å². The van der Waals surface area contributed by atoms with Crippen LogP contribution in [0.3, 0.4) is 0 Å². The zero-order valence-electron chi connectivity index (χ0n) is 13.9. The summed E-state index contributed by atoms with van der Waals surface area (Å²) >= 11 is 0. The average molecular weight is 339 g/mol. The molecular formula is C19H17NO5. The number of amides is 2. The lowest BCUT2D eigenvalue weighted by Crippen LogP contribution is -2.29. The molecule has 3 rings (SSSR count). The van der Waals surface area contributed by atoms with Gasteiger partial charge in [0.1, 0.15) is 5.75 Å². The predicted octanol–water partition coefficient (Wildman–Crippen LogP) is 2.82. The van der Waals surface area contributed by atoms with Crippen molar-refractivity contribution in [1.29, 1.82) is 0 Å². The Balaban J connectivity index is 1.77. The highest BCUT2D eigenvalue weighted by molar-refractivity contribution is 6.34. The maximum Gasteiger partial charge on any atom is 0.347 e. The van der Waals surface area contributed by atoms with Crippen LogP contribution in [0.5, 0.6) is 5.75 Å². The van der Waals surface area contributed by atoms with Crippen LogP contribution >= 0.6 is 0 Å². The standard InChI is InChI=1S/C19H17NO5/c1-3-24-19(23)12(2)25-14-10-8-13(9-11-14)20-17(21)15-6-4-5-7-16(15)18(20)22/h4-12H,3H2,1-2H3/t12-/m0/s1. The van der Waals surface area contributed by atoms with E-state index in [1.165, 1.54) is 0 Å². The van der Waals surface area contributed by atoms with Gasteiger partial charge in [-0.1, -0.05) is 12.1 Å². The normalized spacial score (nSPS) is 14.2. The molecule has 6 heteroatoms. The summed E-state index contributed by atoms with van der Waals surface area (Å²) in [6, 6.07) is 13.1. The summed E-state index contributed by atoms with van der Waals surface area (Å²) in [6.07, 6.45) is -0.745. The monoisotopic (exact) mass is 339 g/mol. The molecule has 1 aliphatic heterocycles. The number of hydrogen-bond donors (Lipinski definition) is 0. The van der Waals surface area contributed by atoms with Gasteiger partial charge < -0.3 is 9.47 Å². The van der Waals surface area contributed by atoms with Gasteiger partial charge in [0.2, 0.25) is 0 Å². The molecule has 0 fully saturated rings. The van der Waals surface area contributed by atoms with E-state index in [0.717, 1.165) is 4.90 Å². The van der Waals surface area contributed by atoms with Crippen LogP contribution in [-0.2, 0) is 9.53 Å². The zero-order valence-corrected chi connectivity index (χ0v) is 13.9. The molecule has 0 spiro atoms. The highest BCUT2D eigenvalue weighted by Gasteiger charge is 2.36. The molecule has 2 aromatic rings. The SMILES string of the molecule is CCOC(=O)[C@H](C)Oc1ccc(N2C(=O)c3ccccc3C2=O)cc1. The van der Waals surface area contributed by atoms with Crippen LogP contribution in [0, 0.1) is 0 Å².